The van der Waals surface area contributed by atoms with Gasteiger partial charge >= 0.3 is 0 Å². The Balaban J connectivity index is 1.98. The molecule has 0 bridgehead atoms. The number of carbonyl (C=O) groups is 5. The first-order valence-electron chi connectivity index (χ1n) is 13.7. The second-order valence-electron chi connectivity index (χ2n) is 11.9. The molecule has 39 heavy (non-hydrogen) atoms. The van der Waals surface area contributed by atoms with Crippen LogP contribution in [-0.4, -0.2) is 79.1 Å². The molecule has 0 radical (unpaired) electrons. The highest BCUT2D eigenvalue weighted by Crippen LogP contribution is 2.20. The maximum Gasteiger partial charge on any atom is 0.289 e. The molecule has 1 heterocycles. The molecule has 1 fully saturated rings. The lowest BCUT2D eigenvalue weighted by Gasteiger charge is -2.31. The molecule has 3 atom stereocenters. The normalized spacial score (nSPS) is 17.0. The van der Waals surface area contributed by atoms with Crippen molar-refractivity contribution >= 4 is 29.4 Å². The molecule has 1 aromatic rings. The molecule has 4 N–H and O–H groups in total. The van der Waals surface area contributed by atoms with Gasteiger partial charge in [-0.25, -0.2) is 0 Å². The van der Waals surface area contributed by atoms with Crippen LogP contribution in [-0.2, 0) is 19.2 Å². The summed E-state index contributed by atoms with van der Waals surface area (Å²) in [5.41, 5.74) is -0.231. The van der Waals surface area contributed by atoms with Crippen LogP contribution in [0.15, 0.2) is 30.3 Å². The topological polar surface area (TPSA) is 137 Å². The van der Waals surface area contributed by atoms with Crippen molar-refractivity contribution in [3.63, 3.8) is 0 Å². The van der Waals surface area contributed by atoms with E-state index in [9.17, 15) is 24.0 Å². The quantitative estimate of drug-likeness (QED) is 0.312. The molecular weight excluding hydrogens is 498 g/mol. The van der Waals surface area contributed by atoms with Crippen molar-refractivity contribution in [3.05, 3.63) is 35.9 Å². The van der Waals surface area contributed by atoms with Crippen molar-refractivity contribution in [2.75, 3.05) is 26.7 Å². The molecule has 10 heteroatoms. The number of likely N-dealkylation sites (tertiary alicyclic amines) is 1. The third-order valence-corrected chi connectivity index (χ3v) is 7.05. The van der Waals surface area contributed by atoms with Crippen molar-refractivity contribution in [1.29, 1.82) is 0 Å². The summed E-state index contributed by atoms with van der Waals surface area (Å²) in [6.45, 7) is 12.7. The maximum absolute atomic E-state index is 13.1. The Kier molecular flexibility index (Phi) is 11.6. The van der Waals surface area contributed by atoms with E-state index in [1.165, 1.54) is 6.92 Å². The van der Waals surface area contributed by atoms with Crippen LogP contribution in [0, 0.1) is 17.3 Å². The van der Waals surface area contributed by atoms with Gasteiger partial charge in [0.1, 0.15) is 12.1 Å². The van der Waals surface area contributed by atoms with Gasteiger partial charge in [-0.2, -0.15) is 0 Å². The lowest BCUT2D eigenvalue weighted by molar-refractivity contribution is -0.141. The number of benzene rings is 1. The summed E-state index contributed by atoms with van der Waals surface area (Å²) in [7, 11) is 2.06. The highest BCUT2D eigenvalue weighted by molar-refractivity contribution is 6.38. The van der Waals surface area contributed by atoms with Crippen LogP contribution >= 0.6 is 0 Å². The number of ketones is 1. The summed E-state index contributed by atoms with van der Waals surface area (Å²) >= 11 is 0. The molecule has 4 amide bonds. The van der Waals surface area contributed by atoms with E-state index in [0.29, 0.717) is 18.0 Å². The van der Waals surface area contributed by atoms with Crippen LogP contribution in [0.25, 0.3) is 0 Å². The number of carbonyl (C=O) groups excluding carboxylic acids is 5. The van der Waals surface area contributed by atoms with Crippen molar-refractivity contribution in [1.82, 2.24) is 26.2 Å². The van der Waals surface area contributed by atoms with E-state index in [1.807, 2.05) is 20.8 Å². The summed E-state index contributed by atoms with van der Waals surface area (Å²) in [6.07, 6.45) is 1.90. The highest BCUT2D eigenvalue weighted by atomic mass is 16.2. The van der Waals surface area contributed by atoms with Crippen molar-refractivity contribution in [2.45, 2.75) is 72.5 Å². The third-order valence-electron chi connectivity index (χ3n) is 7.05. The lowest BCUT2D eigenvalue weighted by Crippen LogP contribution is -2.59. The fourth-order valence-corrected chi connectivity index (χ4v) is 4.39. The molecule has 2 rings (SSSR count). The smallest absolute Gasteiger partial charge is 0.289 e. The Labute approximate surface area is 232 Å². The molecule has 10 nitrogen and oxygen atoms in total. The van der Waals surface area contributed by atoms with Gasteiger partial charge in [0.25, 0.3) is 11.8 Å². The van der Waals surface area contributed by atoms with Gasteiger partial charge in [0.15, 0.2) is 0 Å². The largest absolute Gasteiger partial charge is 0.349 e. The van der Waals surface area contributed by atoms with Crippen LogP contribution in [0.5, 0.6) is 0 Å². The van der Waals surface area contributed by atoms with Gasteiger partial charge in [-0.1, -0.05) is 52.8 Å². The molecule has 0 spiro atoms. The predicted molar refractivity (Wildman–Crippen MR) is 150 cm³/mol. The van der Waals surface area contributed by atoms with Gasteiger partial charge in [-0.3, -0.25) is 24.0 Å². The number of rotatable bonds is 11. The van der Waals surface area contributed by atoms with Gasteiger partial charge in [-0.15, -0.1) is 0 Å². The van der Waals surface area contributed by atoms with Crippen LogP contribution in [0.2, 0.25) is 0 Å². The number of piperidine rings is 1. The minimum absolute atomic E-state index is 0.318. The molecular formula is C29H45N5O5. The summed E-state index contributed by atoms with van der Waals surface area (Å²) in [6, 6.07) is 5.58. The van der Waals surface area contributed by atoms with E-state index < -0.39 is 53.0 Å². The standard InChI is InChI=1S/C29H45N5O5/c1-18(2)22(23(35)27(38)30-17-20-13-15-34(7)16-14-20)32-25(36)19(3)31-28(39)24(29(4,5)6)33-26(37)21-11-9-8-10-12-21/h8-12,18-20,22,24H,13-17H2,1-7H3,(H,30,38)(H,31,39)(H,32,36)(H,33,37)/t19-,22-,24+/m0/s1. The van der Waals surface area contributed by atoms with E-state index in [0.717, 1.165) is 25.9 Å². The second kappa shape index (κ2) is 14.2. The summed E-state index contributed by atoms with van der Waals surface area (Å²) in [5, 5.41) is 10.8. The van der Waals surface area contributed by atoms with Crippen LogP contribution < -0.4 is 21.3 Å². The van der Waals surface area contributed by atoms with Crippen LogP contribution in [0.4, 0.5) is 0 Å². The van der Waals surface area contributed by atoms with E-state index in [4.69, 9.17) is 0 Å². The van der Waals surface area contributed by atoms with Crippen molar-refractivity contribution in [3.8, 4) is 0 Å². The molecule has 216 valence electrons. The highest BCUT2D eigenvalue weighted by Gasteiger charge is 2.36. The van der Waals surface area contributed by atoms with Crippen molar-refractivity contribution in [2.24, 2.45) is 17.3 Å². The number of nitrogens with zero attached hydrogens (tertiary/aromatic N) is 1. The van der Waals surface area contributed by atoms with E-state index in [1.54, 1.807) is 44.2 Å². The monoisotopic (exact) mass is 543 g/mol. The fraction of sp³-hybridized carbons (Fsp3) is 0.621. The number of hydrogen-bond donors (Lipinski definition) is 4. The van der Waals surface area contributed by atoms with Gasteiger partial charge in [0, 0.05) is 12.1 Å². The molecule has 0 aliphatic carbocycles. The number of nitrogens with one attached hydrogen (secondary N) is 4. The van der Waals surface area contributed by atoms with Gasteiger partial charge in [0.05, 0.1) is 6.04 Å². The molecule has 0 aromatic heterocycles. The molecule has 0 saturated carbocycles. The number of amides is 4. The predicted octanol–water partition coefficient (Wildman–Crippen LogP) is 1.50. The minimum Gasteiger partial charge on any atom is -0.349 e. The first kappa shape index (κ1) is 31.9. The van der Waals surface area contributed by atoms with Gasteiger partial charge in [0.2, 0.25) is 17.6 Å². The molecule has 1 aromatic carbocycles. The first-order valence-corrected chi connectivity index (χ1v) is 13.7. The third kappa shape index (κ3) is 9.76. The fourth-order valence-electron chi connectivity index (χ4n) is 4.39. The second-order valence-corrected chi connectivity index (χ2v) is 11.9. The zero-order chi connectivity index (χ0) is 29.3. The molecule has 1 aliphatic heterocycles. The zero-order valence-corrected chi connectivity index (χ0v) is 24.3. The number of hydrogen-bond acceptors (Lipinski definition) is 6. The zero-order valence-electron chi connectivity index (χ0n) is 24.3. The van der Waals surface area contributed by atoms with E-state index in [2.05, 4.69) is 33.2 Å². The summed E-state index contributed by atoms with van der Waals surface area (Å²) in [5.74, 6) is -2.99. The average Bonchev–Trinajstić information content (AvgIpc) is 2.88. The Hall–Kier alpha value is -3.27. The molecule has 0 unspecified atom stereocenters. The SMILES string of the molecule is CC(C)[C@H](NC(=O)[C@H](C)NC(=O)[C@@H](NC(=O)c1ccccc1)C(C)(C)C)C(=O)C(=O)NCC1CCN(C)CC1. The first-order chi connectivity index (χ1) is 18.2. The van der Waals surface area contributed by atoms with Crippen LogP contribution in [0.1, 0.15) is 64.7 Å². The van der Waals surface area contributed by atoms with E-state index in [-0.39, 0.29) is 5.92 Å². The van der Waals surface area contributed by atoms with E-state index >= 15 is 0 Å². The van der Waals surface area contributed by atoms with Gasteiger partial charge < -0.3 is 26.2 Å². The minimum atomic E-state index is -1.04. The maximum atomic E-state index is 13.1. The Morgan fingerprint density at radius 2 is 1.49 bits per heavy atom. The Morgan fingerprint density at radius 1 is 0.897 bits per heavy atom. The molecule has 1 saturated heterocycles. The Morgan fingerprint density at radius 3 is 2.03 bits per heavy atom. The number of Topliss-reactive ketones (excluding diaryl/α,β-unsaturated/α-hetero) is 1. The summed E-state index contributed by atoms with van der Waals surface area (Å²) < 4.78 is 0. The Bertz CT molecular complexity index is 1010. The molecule has 1 aliphatic rings. The lowest BCUT2D eigenvalue weighted by atomic mass is 9.85. The summed E-state index contributed by atoms with van der Waals surface area (Å²) in [4.78, 5) is 66.6. The van der Waals surface area contributed by atoms with Gasteiger partial charge in [-0.05, 0) is 69.3 Å². The average molecular weight is 544 g/mol. The van der Waals surface area contributed by atoms with Crippen molar-refractivity contribution < 1.29 is 24.0 Å². The van der Waals surface area contributed by atoms with Crippen LogP contribution in [0.3, 0.4) is 0 Å².